The van der Waals surface area contributed by atoms with Gasteiger partial charge in [0.25, 0.3) is 5.91 Å². The van der Waals surface area contributed by atoms with E-state index in [1.807, 2.05) is 35.8 Å². The van der Waals surface area contributed by atoms with Gasteiger partial charge >= 0.3 is 0 Å². The summed E-state index contributed by atoms with van der Waals surface area (Å²) < 4.78 is 27.9. The first-order chi connectivity index (χ1) is 14.6. The summed E-state index contributed by atoms with van der Waals surface area (Å²) in [6.07, 6.45) is 1.01. The van der Waals surface area contributed by atoms with Crippen molar-refractivity contribution in [2.24, 2.45) is 0 Å². The van der Waals surface area contributed by atoms with Crippen LogP contribution in [0.2, 0.25) is 0 Å². The first-order valence-corrected chi connectivity index (χ1v) is 11.6. The second-order valence-corrected chi connectivity index (χ2v) is 8.99. The van der Waals surface area contributed by atoms with E-state index in [1.54, 1.807) is 7.05 Å². The molecule has 0 bridgehead atoms. The molecule has 0 atom stereocenters. The highest BCUT2D eigenvalue weighted by atomic mass is 32.2. The molecule has 0 spiro atoms. The molecule has 3 rings (SSSR count). The summed E-state index contributed by atoms with van der Waals surface area (Å²) in [6, 6.07) is 12.2. The standard InChI is InChI=1S/C21H25N5O4S/c1-5-26-19-9-7-6-8-18(19)23-20(26)13-25(3)21(28)16-12-15(22-14(2)27)10-11-17(16)24-31(4,29)30/h6-12,24H,5,13H2,1-4H3,(H,22,27). The number of imidazole rings is 1. The van der Waals surface area contributed by atoms with Crippen LogP contribution in [0.3, 0.4) is 0 Å². The van der Waals surface area contributed by atoms with E-state index in [0.29, 0.717) is 12.2 Å². The second kappa shape index (κ2) is 8.76. The van der Waals surface area contributed by atoms with Gasteiger partial charge in [-0.05, 0) is 37.3 Å². The number of hydrogen-bond donors (Lipinski definition) is 2. The van der Waals surface area contributed by atoms with Gasteiger partial charge in [-0.15, -0.1) is 0 Å². The molecule has 0 radical (unpaired) electrons. The average Bonchev–Trinajstić information content (AvgIpc) is 3.03. The van der Waals surface area contributed by atoms with Crippen LogP contribution in [0, 0.1) is 0 Å². The summed E-state index contributed by atoms with van der Waals surface area (Å²) in [5.74, 6) is 0.00971. The summed E-state index contributed by atoms with van der Waals surface area (Å²) >= 11 is 0. The van der Waals surface area contributed by atoms with Crippen LogP contribution in [0.4, 0.5) is 11.4 Å². The van der Waals surface area contributed by atoms with Crippen LogP contribution in [-0.4, -0.2) is 48.0 Å². The van der Waals surface area contributed by atoms with Crippen LogP contribution in [-0.2, 0) is 27.9 Å². The molecule has 0 aliphatic rings. The van der Waals surface area contributed by atoms with Crippen molar-refractivity contribution in [3.05, 3.63) is 53.9 Å². The Kier molecular flexibility index (Phi) is 6.30. The number of nitrogens with zero attached hydrogens (tertiary/aromatic N) is 3. The zero-order valence-electron chi connectivity index (χ0n) is 17.8. The molecule has 1 aromatic heterocycles. The van der Waals surface area contributed by atoms with Gasteiger partial charge in [0.2, 0.25) is 15.9 Å². The number of sulfonamides is 1. The van der Waals surface area contributed by atoms with Crippen LogP contribution < -0.4 is 10.0 Å². The fourth-order valence-corrected chi connectivity index (χ4v) is 3.96. The molecule has 0 aliphatic carbocycles. The molecule has 2 N–H and O–H groups in total. The second-order valence-electron chi connectivity index (χ2n) is 7.24. The molecule has 2 amide bonds. The first-order valence-electron chi connectivity index (χ1n) is 9.68. The van der Waals surface area contributed by atoms with Gasteiger partial charge < -0.3 is 14.8 Å². The summed E-state index contributed by atoms with van der Waals surface area (Å²) in [5, 5.41) is 2.61. The topological polar surface area (TPSA) is 113 Å². The summed E-state index contributed by atoms with van der Waals surface area (Å²) in [6.45, 7) is 4.27. The number of rotatable bonds is 7. The highest BCUT2D eigenvalue weighted by Gasteiger charge is 2.21. The van der Waals surface area contributed by atoms with Crippen molar-refractivity contribution >= 4 is 44.2 Å². The predicted molar refractivity (Wildman–Crippen MR) is 120 cm³/mol. The molecule has 0 aliphatic heterocycles. The lowest BCUT2D eigenvalue weighted by Crippen LogP contribution is -2.29. The minimum atomic E-state index is -3.61. The number of aryl methyl sites for hydroxylation is 1. The summed E-state index contributed by atoms with van der Waals surface area (Å²) in [7, 11) is -1.98. The maximum absolute atomic E-state index is 13.2. The average molecular weight is 444 g/mol. The van der Waals surface area contributed by atoms with Crippen LogP contribution in [0.1, 0.15) is 30.0 Å². The highest BCUT2D eigenvalue weighted by molar-refractivity contribution is 7.92. The van der Waals surface area contributed by atoms with Gasteiger partial charge in [-0.25, -0.2) is 13.4 Å². The zero-order valence-corrected chi connectivity index (χ0v) is 18.7. The van der Waals surface area contributed by atoms with Crippen LogP contribution in [0.5, 0.6) is 0 Å². The van der Waals surface area contributed by atoms with Crippen molar-refractivity contribution in [3.8, 4) is 0 Å². The first kappa shape index (κ1) is 22.3. The van der Waals surface area contributed by atoms with E-state index in [-0.39, 0.29) is 23.7 Å². The van der Waals surface area contributed by atoms with Gasteiger partial charge in [-0.2, -0.15) is 0 Å². The number of anilines is 2. The van der Waals surface area contributed by atoms with Crippen molar-refractivity contribution in [2.45, 2.75) is 26.9 Å². The number of hydrogen-bond acceptors (Lipinski definition) is 5. The Morgan fingerprint density at radius 1 is 1.16 bits per heavy atom. The Morgan fingerprint density at radius 2 is 1.87 bits per heavy atom. The fourth-order valence-electron chi connectivity index (χ4n) is 3.38. The van der Waals surface area contributed by atoms with Gasteiger partial charge in [0.1, 0.15) is 5.82 Å². The smallest absolute Gasteiger partial charge is 0.256 e. The Morgan fingerprint density at radius 3 is 2.52 bits per heavy atom. The van der Waals surface area contributed by atoms with Crippen molar-refractivity contribution in [3.63, 3.8) is 0 Å². The number of benzene rings is 2. The molecule has 10 heteroatoms. The number of nitrogens with one attached hydrogen (secondary N) is 2. The molecule has 2 aromatic carbocycles. The van der Waals surface area contributed by atoms with E-state index in [2.05, 4.69) is 15.0 Å². The van der Waals surface area contributed by atoms with Gasteiger partial charge in [-0.1, -0.05) is 12.1 Å². The minimum Gasteiger partial charge on any atom is -0.334 e. The number of fused-ring (bicyclic) bond motifs is 1. The Bertz CT molecular complexity index is 1250. The molecule has 9 nitrogen and oxygen atoms in total. The lowest BCUT2D eigenvalue weighted by Gasteiger charge is -2.20. The van der Waals surface area contributed by atoms with E-state index < -0.39 is 15.9 Å². The lowest BCUT2D eigenvalue weighted by molar-refractivity contribution is -0.114. The van der Waals surface area contributed by atoms with Crippen LogP contribution in [0.25, 0.3) is 11.0 Å². The van der Waals surface area contributed by atoms with E-state index in [4.69, 9.17) is 0 Å². The molecule has 0 unspecified atom stereocenters. The van der Waals surface area contributed by atoms with E-state index >= 15 is 0 Å². The van der Waals surface area contributed by atoms with Crippen molar-refractivity contribution < 1.29 is 18.0 Å². The third-order valence-electron chi connectivity index (χ3n) is 4.64. The third kappa shape index (κ3) is 5.21. The third-order valence-corrected chi connectivity index (χ3v) is 5.23. The Labute approximate surface area is 181 Å². The molecular weight excluding hydrogens is 418 g/mol. The molecule has 0 saturated carbocycles. The van der Waals surface area contributed by atoms with Gasteiger partial charge in [0.05, 0.1) is 35.1 Å². The van der Waals surface area contributed by atoms with Gasteiger partial charge in [-0.3, -0.25) is 14.3 Å². The maximum Gasteiger partial charge on any atom is 0.256 e. The largest absolute Gasteiger partial charge is 0.334 e. The zero-order chi connectivity index (χ0) is 22.8. The molecule has 3 aromatic rings. The van der Waals surface area contributed by atoms with Crippen LogP contribution in [0.15, 0.2) is 42.5 Å². The highest BCUT2D eigenvalue weighted by Crippen LogP contribution is 2.24. The maximum atomic E-state index is 13.2. The van der Waals surface area contributed by atoms with E-state index in [0.717, 1.165) is 23.1 Å². The molecule has 164 valence electrons. The van der Waals surface area contributed by atoms with Gasteiger partial charge in [0.15, 0.2) is 0 Å². The molecule has 1 heterocycles. The molecule has 31 heavy (non-hydrogen) atoms. The SMILES string of the molecule is CCn1c(CN(C)C(=O)c2cc(NC(C)=O)ccc2NS(C)(=O)=O)nc2ccccc21. The minimum absolute atomic E-state index is 0.123. The summed E-state index contributed by atoms with van der Waals surface area (Å²) in [4.78, 5) is 30.8. The van der Waals surface area contributed by atoms with Crippen LogP contribution >= 0.6 is 0 Å². The molecule has 0 saturated heterocycles. The Hall–Kier alpha value is -3.40. The fraction of sp³-hybridized carbons (Fsp3) is 0.286. The van der Waals surface area contributed by atoms with Crippen molar-refractivity contribution in [1.29, 1.82) is 0 Å². The number of carbonyl (C=O) groups excluding carboxylic acids is 2. The predicted octanol–water partition coefficient (Wildman–Crippen LogP) is 2.66. The lowest BCUT2D eigenvalue weighted by atomic mass is 10.1. The van der Waals surface area contributed by atoms with E-state index in [1.165, 1.54) is 30.0 Å². The molecular formula is C21H25N5O4S. The van der Waals surface area contributed by atoms with E-state index in [9.17, 15) is 18.0 Å². The van der Waals surface area contributed by atoms with Gasteiger partial charge in [0, 0.05) is 26.2 Å². The number of amides is 2. The van der Waals surface area contributed by atoms with Crippen molar-refractivity contribution in [1.82, 2.24) is 14.5 Å². The quantitative estimate of drug-likeness (QED) is 0.583. The monoisotopic (exact) mass is 443 g/mol. The normalized spacial score (nSPS) is 11.4. The number of para-hydroxylation sites is 2. The summed E-state index contributed by atoms with van der Waals surface area (Å²) in [5.41, 5.74) is 2.47. The number of aromatic nitrogens is 2. The molecule has 0 fully saturated rings. The number of carbonyl (C=O) groups is 2. The van der Waals surface area contributed by atoms with Crippen molar-refractivity contribution in [2.75, 3.05) is 23.3 Å². The Balaban J connectivity index is 1.96.